The highest BCUT2D eigenvalue weighted by molar-refractivity contribution is 8.77. The second kappa shape index (κ2) is 13.4. The van der Waals surface area contributed by atoms with Gasteiger partial charge < -0.3 is 31.9 Å². The number of carboxylic acid groups (broad SMARTS) is 1. The molecular weight excluding hydrogens is 576 g/mol. The average molecular weight is 617 g/mol. The van der Waals surface area contributed by atoms with Crippen LogP contribution in [0.1, 0.15) is 49.9 Å². The van der Waals surface area contributed by atoms with Crippen LogP contribution < -0.4 is 21.7 Å². The zero-order valence-electron chi connectivity index (χ0n) is 24.7. The minimum absolute atomic E-state index is 0.117. The van der Waals surface area contributed by atoms with E-state index in [0.29, 0.717) is 0 Å². The summed E-state index contributed by atoms with van der Waals surface area (Å²) in [6.45, 7) is 10.6. The van der Waals surface area contributed by atoms with E-state index in [1.807, 2.05) is 44.2 Å². The zero-order valence-corrected chi connectivity index (χ0v) is 26.3. The summed E-state index contributed by atoms with van der Waals surface area (Å²) < 4.78 is -1.92. The van der Waals surface area contributed by atoms with Gasteiger partial charge in [-0.05, 0) is 82.3 Å². The fourth-order valence-corrected chi connectivity index (χ4v) is 7.62. The van der Waals surface area contributed by atoms with E-state index < -0.39 is 57.4 Å². The number of carbonyl (C=O) groups is 4. The topological polar surface area (TPSA) is 171 Å². The number of rotatable bonds is 7. The smallest absolute Gasteiger partial charge is 0.327 e. The lowest BCUT2D eigenvalue weighted by Crippen LogP contribution is -2.62. The van der Waals surface area contributed by atoms with Gasteiger partial charge in [0, 0.05) is 11.2 Å². The highest BCUT2D eigenvalue weighted by Gasteiger charge is 2.45. The van der Waals surface area contributed by atoms with Crippen molar-refractivity contribution in [3.8, 4) is 5.75 Å². The number of aryl methyl sites for hydroxylation is 2. The monoisotopic (exact) mass is 616 g/mol. The summed E-state index contributed by atoms with van der Waals surface area (Å²) in [4.78, 5) is 53.0. The molecule has 3 amide bonds. The lowest BCUT2D eigenvalue weighted by Gasteiger charge is -2.36. The van der Waals surface area contributed by atoms with E-state index in [2.05, 4.69) is 16.0 Å². The molecule has 4 atom stereocenters. The van der Waals surface area contributed by atoms with Crippen LogP contribution in [0.15, 0.2) is 42.5 Å². The number of nitrogens with two attached hydrogens (primary N) is 1. The molecule has 0 bridgehead atoms. The molecular formula is C30H40N4O6S2. The maximum absolute atomic E-state index is 13.8. The van der Waals surface area contributed by atoms with Crippen molar-refractivity contribution in [1.29, 1.82) is 0 Å². The number of phenols is 1. The highest BCUT2D eigenvalue weighted by Crippen LogP contribution is 2.47. The Bertz CT molecular complexity index is 1310. The molecule has 0 radical (unpaired) electrons. The van der Waals surface area contributed by atoms with Crippen LogP contribution in [0.5, 0.6) is 5.75 Å². The summed E-state index contributed by atoms with van der Waals surface area (Å²) >= 11 is 0. The lowest BCUT2D eigenvalue weighted by atomic mass is 9.95. The van der Waals surface area contributed by atoms with Crippen LogP contribution >= 0.6 is 21.6 Å². The molecule has 7 N–H and O–H groups in total. The average Bonchev–Trinajstić information content (AvgIpc) is 2.90. The molecule has 0 spiro atoms. The van der Waals surface area contributed by atoms with Crippen LogP contribution in [0.3, 0.4) is 0 Å². The second-order valence-electron chi connectivity index (χ2n) is 11.7. The van der Waals surface area contributed by atoms with Gasteiger partial charge in [0.2, 0.25) is 17.7 Å². The van der Waals surface area contributed by atoms with Crippen molar-refractivity contribution >= 4 is 45.3 Å². The van der Waals surface area contributed by atoms with E-state index in [4.69, 9.17) is 5.73 Å². The minimum Gasteiger partial charge on any atom is -0.508 e. The predicted molar refractivity (Wildman–Crippen MR) is 166 cm³/mol. The van der Waals surface area contributed by atoms with Gasteiger partial charge in [0.15, 0.2) is 0 Å². The minimum atomic E-state index is -1.25. The Morgan fingerprint density at radius 3 is 2.12 bits per heavy atom. The predicted octanol–water partition coefficient (Wildman–Crippen LogP) is 2.61. The van der Waals surface area contributed by atoms with Crippen LogP contribution in [0.25, 0.3) is 0 Å². The van der Waals surface area contributed by atoms with Crippen molar-refractivity contribution in [3.63, 3.8) is 0 Å². The third-order valence-electron chi connectivity index (χ3n) is 7.30. The molecule has 0 saturated carbocycles. The Labute approximate surface area is 254 Å². The Morgan fingerprint density at radius 1 is 0.976 bits per heavy atom. The van der Waals surface area contributed by atoms with Crippen molar-refractivity contribution < 1.29 is 29.4 Å². The van der Waals surface area contributed by atoms with Gasteiger partial charge >= 0.3 is 5.97 Å². The molecule has 1 saturated heterocycles. The summed E-state index contributed by atoms with van der Waals surface area (Å²) in [5.74, 6) is -2.85. The molecule has 0 aliphatic carbocycles. The van der Waals surface area contributed by atoms with Crippen LogP contribution in [0.2, 0.25) is 0 Å². The van der Waals surface area contributed by atoms with Crippen LogP contribution in [-0.2, 0) is 32.0 Å². The van der Waals surface area contributed by atoms with Gasteiger partial charge in [-0.2, -0.15) is 0 Å². The van der Waals surface area contributed by atoms with Gasteiger partial charge in [-0.1, -0.05) is 51.9 Å². The molecule has 1 aliphatic rings. The van der Waals surface area contributed by atoms with E-state index in [1.54, 1.807) is 39.8 Å². The first kappa shape index (κ1) is 33.3. The van der Waals surface area contributed by atoms with E-state index in [9.17, 15) is 29.4 Å². The molecule has 1 heterocycles. The second-order valence-corrected chi connectivity index (χ2v) is 15.2. The number of hydrogen-bond donors (Lipinski definition) is 6. The fraction of sp³-hybridized carbons (Fsp3) is 0.467. The number of carbonyl (C=O) groups excluding carboxylic acids is 3. The number of phenolic OH excluding ortho intramolecular Hbond substituents is 1. The standard InChI is InChI=1S/C30H40N4O6S2/c1-16-12-19(35)13-17(2)20(16)15-21(31)25(36)33-23-27(38)32-22(14-18-10-8-7-9-11-18)26(37)34-24(28(39)40)30(5,6)42-41-29(23,3)4/h7-13,21-24,35H,14-15,31H2,1-6H3,(H,32,38)(H,33,36)(H,34,37)(H,39,40)/t21-,22-,23-,24+/m0/s1. The first-order chi connectivity index (χ1) is 19.5. The lowest BCUT2D eigenvalue weighted by molar-refractivity contribution is -0.143. The molecule has 1 aliphatic heterocycles. The van der Waals surface area contributed by atoms with Crippen LogP contribution in [0, 0.1) is 13.8 Å². The molecule has 3 rings (SSSR count). The normalized spacial score (nSPS) is 23.1. The van der Waals surface area contributed by atoms with Gasteiger partial charge in [0.1, 0.15) is 23.9 Å². The molecule has 228 valence electrons. The Balaban J connectivity index is 1.95. The summed E-state index contributed by atoms with van der Waals surface area (Å²) in [5, 5.41) is 28.1. The summed E-state index contributed by atoms with van der Waals surface area (Å²) in [7, 11) is 2.48. The van der Waals surface area contributed by atoms with E-state index in [-0.39, 0.29) is 18.6 Å². The number of aliphatic carboxylic acids is 1. The third-order valence-corrected chi connectivity index (χ3v) is 11.5. The number of nitrogens with one attached hydrogen (secondary N) is 3. The van der Waals surface area contributed by atoms with E-state index in [1.165, 1.54) is 21.6 Å². The Hall–Kier alpha value is -3.22. The van der Waals surface area contributed by atoms with Crippen molar-refractivity contribution in [1.82, 2.24) is 16.0 Å². The summed E-state index contributed by atoms with van der Waals surface area (Å²) in [6, 6.07) is 7.81. The third kappa shape index (κ3) is 8.20. The molecule has 0 aromatic heterocycles. The molecule has 10 nitrogen and oxygen atoms in total. The maximum Gasteiger partial charge on any atom is 0.327 e. The number of amides is 3. The maximum atomic E-state index is 13.8. The zero-order chi connectivity index (χ0) is 31.4. The molecule has 2 aromatic carbocycles. The Morgan fingerprint density at radius 2 is 1.55 bits per heavy atom. The van der Waals surface area contributed by atoms with Crippen molar-refractivity contribution in [3.05, 3.63) is 64.7 Å². The SMILES string of the molecule is Cc1cc(O)cc(C)c1C[C@H](N)C(=O)N[C@H]1C(=O)N[C@@H](Cc2ccccc2)C(=O)N[C@H](C(=O)O)C(C)(C)SSC1(C)C. The molecule has 1 fully saturated rings. The van der Waals surface area contributed by atoms with Gasteiger partial charge in [-0.15, -0.1) is 0 Å². The largest absolute Gasteiger partial charge is 0.508 e. The number of carboxylic acids is 1. The van der Waals surface area contributed by atoms with Gasteiger partial charge in [-0.25, -0.2) is 4.79 Å². The molecule has 42 heavy (non-hydrogen) atoms. The van der Waals surface area contributed by atoms with Crippen LogP contribution in [0.4, 0.5) is 0 Å². The first-order valence-corrected chi connectivity index (χ1v) is 15.8. The van der Waals surface area contributed by atoms with Gasteiger partial charge in [0.25, 0.3) is 0 Å². The van der Waals surface area contributed by atoms with Gasteiger partial charge in [0.05, 0.1) is 10.8 Å². The summed E-state index contributed by atoms with van der Waals surface area (Å²) in [5.41, 5.74) is 9.50. The number of benzene rings is 2. The fourth-order valence-electron chi connectivity index (χ4n) is 4.81. The highest BCUT2D eigenvalue weighted by atomic mass is 33.1. The molecule has 12 heteroatoms. The molecule has 2 aromatic rings. The van der Waals surface area contributed by atoms with E-state index >= 15 is 0 Å². The van der Waals surface area contributed by atoms with Crippen molar-refractivity contribution in [2.24, 2.45) is 5.73 Å². The first-order valence-electron chi connectivity index (χ1n) is 13.6. The van der Waals surface area contributed by atoms with Crippen molar-refractivity contribution in [2.75, 3.05) is 0 Å². The van der Waals surface area contributed by atoms with Gasteiger partial charge in [-0.3, -0.25) is 14.4 Å². The number of aromatic hydroxyl groups is 1. The number of hydrogen-bond acceptors (Lipinski definition) is 8. The van der Waals surface area contributed by atoms with Crippen LogP contribution in [-0.4, -0.2) is 67.6 Å². The Kier molecular flexibility index (Phi) is 10.6. The summed E-state index contributed by atoms with van der Waals surface area (Å²) in [6.07, 6.45) is 0.304. The molecule has 0 unspecified atom stereocenters. The van der Waals surface area contributed by atoms with Crippen molar-refractivity contribution in [2.45, 2.75) is 88.0 Å². The quantitative estimate of drug-likeness (QED) is 0.256. The van der Waals surface area contributed by atoms with E-state index in [0.717, 1.165) is 22.3 Å².